The van der Waals surface area contributed by atoms with Crippen molar-refractivity contribution in [1.29, 1.82) is 0 Å². The van der Waals surface area contributed by atoms with E-state index in [1.54, 1.807) is 11.3 Å². The maximum atomic E-state index is 12.1. The summed E-state index contributed by atoms with van der Waals surface area (Å²) in [6.45, 7) is 0.925. The van der Waals surface area contributed by atoms with Crippen molar-refractivity contribution >= 4 is 27.9 Å². The summed E-state index contributed by atoms with van der Waals surface area (Å²) in [5, 5.41) is 8.18. The van der Waals surface area contributed by atoms with Crippen LogP contribution in [0.25, 0.3) is 16.2 Å². The molecule has 1 saturated heterocycles. The van der Waals surface area contributed by atoms with E-state index in [0.29, 0.717) is 0 Å². The Morgan fingerprint density at radius 3 is 2.95 bits per heavy atom. The summed E-state index contributed by atoms with van der Waals surface area (Å²) in [6, 6.07) is 7.78. The van der Waals surface area contributed by atoms with Crippen LogP contribution in [-0.4, -0.2) is 27.9 Å². The summed E-state index contributed by atoms with van der Waals surface area (Å²) in [6.07, 6.45) is 5.99. The number of thiazole rings is 1. The van der Waals surface area contributed by atoms with Crippen LogP contribution in [0.4, 0.5) is 5.69 Å². The zero-order valence-corrected chi connectivity index (χ0v) is 12.8. The van der Waals surface area contributed by atoms with E-state index in [1.807, 2.05) is 46.4 Å². The lowest BCUT2D eigenvalue weighted by Crippen LogP contribution is -2.35. The van der Waals surface area contributed by atoms with Crippen LogP contribution in [0.2, 0.25) is 0 Å². The van der Waals surface area contributed by atoms with Gasteiger partial charge in [-0.1, -0.05) is 12.1 Å². The molecular weight excluding hydrogens is 296 g/mol. The minimum atomic E-state index is -0.0559. The molecule has 2 N–H and O–H groups in total. The number of aromatic nitrogens is 2. The number of rotatable bonds is 3. The first-order chi connectivity index (χ1) is 10.8. The fourth-order valence-corrected chi connectivity index (χ4v) is 3.43. The Kier molecular flexibility index (Phi) is 3.40. The summed E-state index contributed by atoms with van der Waals surface area (Å²) in [5.41, 5.74) is 2.82. The molecule has 5 nitrogen and oxygen atoms in total. The van der Waals surface area contributed by atoms with Gasteiger partial charge in [-0.2, -0.15) is 0 Å². The SMILES string of the molecule is O=C(Nc1ccc(-c2cn3ccsc3n2)cc1)C1CCCN1. The molecule has 1 aromatic carbocycles. The zero-order chi connectivity index (χ0) is 14.9. The highest BCUT2D eigenvalue weighted by Crippen LogP contribution is 2.23. The predicted octanol–water partition coefficient (Wildman–Crippen LogP) is 2.75. The van der Waals surface area contributed by atoms with Crippen molar-refractivity contribution in [3.63, 3.8) is 0 Å². The summed E-state index contributed by atoms with van der Waals surface area (Å²) in [5.74, 6) is 0.0488. The Bertz CT molecular complexity index is 771. The maximum Gasteiger partial charge on any atom is 0.241 e. The van der Waals surface area contributed by atoms with Gasteiger partial charge in [0, 0.05) is 29.0 Å². The van der Waals surface area contributed by atoms with E-state index in [2.05, 4.69) is 15.6 Å². The molecule has 4 rings (SSSR count). The molecule has 3 heterocycles. The van der Waals surface area contributed by atoms with E-state index >= 15 is 0 Å². The Morgan fingerprint density at radius 1 is 1.36 bits per heavy atom. The molecule has 112 valence electrons. The highest BCUT2D eigenvalue weighted by Gasteiger charge is 2.21. The Labute approximate surface area is 132 Å². The van der Waals surface area contributed by atoms with Gasteiger partial charge in [0.05, 0.1) is 11.7 Å². The molecule has 0 spiro atoms. The summed E-state index contributed by atoms with van der Waals surface area (Å²) in [7, 11) is 0. The first-order valence-electron chi connectivity index (χ1n) is 7.36. The van der Waals surface area contributed by atoms with Gasteiger partial charge in [-0.3, -0.25) is 9.20 Å². The molecular formula is C16H16N4OS. The smallest absolute Gasteiger partial charge is 0.241 e. The van der Waals surface area contributed by atoms with Crippen LogP contribution in [0, 0.1) is 0 Å². The Morgan fingerprint density at radius 2 is 2.23 bits per heavy atom. The highest BCUT2D eigenvalue weighted by molar-refractivity contribution is 7.15. The van der Waals surface area contributed by atoms with Gasteiger partial charge < -0.3 is 10.6 Å². The Hall–Kier alpha value is -2.18. The van der Waals surface area contributed by atoms with Crippen molar-refractivity contribution in [3.05, 3.63) is 42.0 Å². The van der Waals surface area contributed by atoms with Gasteiger partial charge in [0.15, 0.2) is 4.96 Å². The number of nitrogens with one attached hydrogen (secondary N) is 2. The average Bonchev–Trinajstić information content (AvgIpc) is 3.24. The fraction of sp³-hybridized carbons (Fsp3) is 0.250. The van der Waals surface area contributed by atoms with E-state index in [0.717, 1.165) is 41.3 Å². The number of fused-ring (bicyclic) bond motifs is 1. The number of nitrogens with zero attached hydrogens (tertiary/aromatic N) is 2. The van der Waals surface area contributed by atoms with Gasteiger partial charge in [0.25, 0.3) is 0 Å². The van der Waals surface area contributed by atoms with E-state index in [-0.39, 0.29) is 11.9 Å². The van der Waals surface area contributed by atoms with Crippen LogP contribution in [0.5, 0.6) is 0 Å². The summed E-state index contributed by atoms with van der Waals surface area (Å²) in [4.78, 5) is 17.6. The molecule has 0 aliphatic carbocycles. The predicted molar refractivity (Wildman–Crippen MR) is 88.2 cm³/mol. The van der Waals surface area contributed by atoms with Crippen LogP contribution in [-0.2, 0) is 4.79 Å². The first-order valence-corrected chi connectivity index (χ1v) is 8.24. The third-order valence-corrected chi connectivity index (χ3v) is 4.69. The second kappa shape index (κ2) is 5.55. The molecule has 2 aromatic heterocycles. The second-order valence-corrected chi connectivity index (χ2v) is 6.31. The lowest BCUT2D eigenvalue weighted by molar-refractivity contribution is -0.117. The third kappa shape index (κ3) is 2.51. The quantitative estimate of drug-likeness (QED) is 0.782. The Balaban J connectivity index is 1.50. The highest BCUT2D eigenvalue weighted by atomic mass is 32.1. The van der Waals surface area contributed by atoms with Gasteiger partial charge in [-0.15, -0.1) is 11.3 Å². The normalized spacial score (nSPS) is 17.9. The van der Waals surface area contributed by atoms with Gasteiger partial charge >= 0.3 is 0 Å². The molecule has 3 aromatic rings. The molecule has 1 fully saturated rings. The standard InChI is InChI=1S/C16H16N4OS/c21-15(13-2-1-7-17-13)18-12-5-3-11(4-6-12)14-10-20-8-9-22-16(20)19-14/h3-6,8-10,13,17H,1-2,7H2,(H,18,21). The largest absolute Gasteiger partial charge is 0.325 e. The van der Waals surface area contributed by atoms with Crippen molar-refractivity contribution in [2.75, 3.05) is 11.9 Å². The average molecular weight is 312 g/mol. The van der Waals surface area contributed by atoms with Crippen molar-refractivity contribution in [1.82, 2.24) is 14.7 Å². The van der Waals surface area contributed by atoms with E-state index in [9.17, 15) is 4.79 Å². The van der Waals surface area contributed by atoms with Crippen LogP contribution < -0.4 is 10.6 Å². The maximum absolute atomic E-state index is 12.1. The summed E-state index contributed by atoms with van der Waals surface area (Å²) < 4.78 is 2.02. The van der Waals surface area contributed by atoms with Crippen molar-refractivity contribution < 1.29 is 4.79 Å². The number of carbonyl (C=O) groups excluding carboxylic acids is 1. The molecule has 1 unspecified atom stereocenters. The zero-order valence-electron chi connectivity index (χ0n) is 12.0. The molecule has 1 aliphatic heterocycles. The number of hydrogen-bond donors (Lipinski definition) is 2. The van der Waals surface area contributed by atoms with E-state index in [1.165, 1.54) is 0 Å². The number of hydrogen-bond acceptors (Lipinski definition) is 4. The minimum Gasteiger partial charge on any atom is -0.325 e. The van der Waals surface area contributed by atoms with Crippen molar-refractivity contribution in [2.45, 2.75) is 18.9 Å². The fourth-order valence-electron chi connectivity index (χ4n) is 2.73. The molecule has 22 heavy (non-hydrogen) atoms. The van der Waals surface area contributed by atoms with Crippen LogP contribution >= 0.6 is 11.3 Å². The van der Waals surface area contributed by atoms with E-state index in [4.69, 9.17) is 0 Å². The number of carbonyl (C=O) groups is 1. The van der Waals surface area contributed by atoms with Crippen LogP contribution in [0.1, 0.15) is 12.8 Å². The van der Waals surface area contributed by atoms with E-state index < -0.39 is 0 Å². The second-order valence-electron chi connectivity index (χ2n) is 5.43. The lowest BCUT2D eigenvalue weighted by atomic mass is 10.1. The van der Waals surface area contributed by atoms with Crippen LogP contribution in [0.15, 0.2) is 42.0 Å². The molecule has 1 atom stereocenters. The third-order valence-electron chi connectivity index (χ3n) is 3.92. The number of benzene rings is 1. The molecule has 6 heteroatoms. The minimum absolute atomic E-state index is 0.0488. The lowest BCUT2D eigenvalue weighted by Gasteiger charge is -2.11. The first kappa shape index (κ1) is 13.5. The molecule has 1 aliphatic rings. The molecule has 1 amide bonds. The molecule has 0 bridgehead atoms. The summed E-state index contributed by atoms with van der Waals surface area (Å²) >= 11 is 1.62. The molecule has 0 radical (unpaired) electrons. The van der Waals surface area contributed by atoms with Crippen LogP contribution in [0.3, 0.4) is 0 Å². The topological polar surface area (TPSA) is 58.4 Å². The van der Waals surface area contributed by atoms with Crippen molar-refractivity contribution in [3.8, 4) is 11.3 Å². The van der Waals surface area contributed by atoms with Crippen molar-refractivity contribution in [2.24, 2.45) is 0 Å². The van der Waals surface area contributed by atoms with Gasteiger partial charge in [-0.05, 0) is 31.5 Å². The van der Waals surface area contributed by atoms with Gasteiger partial charge in [0.1, 0.15) is 0 Å². The monoisotopic (exact) mass is 312 g/mol. The van der Waals surface area contributed by atoms with Gasteiger partial charge in [0.2, 0.25) is 5.91 Å². The molecule has 0 saturated carbocycles. The number of anilines is 1. The van der Waals surface area contributed by atoms with Gasteiger partial charge in [-0.25, -0.2) is 4.98 Å². The number of imidazole rings is 1. The number of amides is 1.